The van der Waals surface area contributed by atoms with Crippen LogP contribution >= 0.6 is 0 Å². The molecule has 22 heavy (non-hydrogen) atoms. The van der Waals surface area contributed by atoms with Crippen LogP contribution in [0.1, 0.15) is 37.3 Å². The number of methoxy groups -OCH3 is 1. The van der Waals surface area contributed by atoms with Gasteiger partial charge in [0, 0.05) is 12.6 Å². The highest BCUT2D eigenvalue weighted by molar-refractivity contribution is 5.27. The van der Waals surface area contributed by atoms with Gasteiger partial charge in [-0.2, -0.15) is 0 Å². The Morgan fingerprint density at radius 1 is 0.955 bits per heavy atom. The lowest BCUT2D eigenvalue weighted by molar-refractivity contribution is 0.414. The Balaban J connectivity index is 1.72. The molecule has 2 nitrogen and oxygen atoms in total. The molecule has 0 bridgehead atoms. The summed E-state index contributed by atoms with van der Waals surface area (Å²) in [6.45, 7) is 5.56. The topological polar surface area (TPSA) is 21.3 Å². The Morgan fingerprint density at radius 2 is 1.64 bits per heavy atom. The van der Waals surface area contributed by atoms with Crippen LogP contribution in [0.2, 0.25) is 0 Å². The van der Waals surface area contributed by atoms with Gasteiger partial charge in [-0.15, -0.1) is 0 Å². The molecule has 0 aliphatic heterocycles. The normalized spacial score (nSPS) is 13.6. The Morgan fingerprint density at radius 3 is 2.27 bits per heavy atom. The summed E-state index contributed by atoms with van der Waals surface area (Å²) >= 11 is 0. The maximum atomic E-state index is 5.19. The minimum absolute atomic E-state index is 0.522. The number of ether oxygens (including phenoxy) is 1. The van der Waals surface area contributed by atoms with Gasteiger partial charge in [-0.1, -0.05) is 49.4 Å². The summed E-state index contributed by atoms with van der Waals surface area (Å²) in [4.78, 5) is 0. The molecule has 0 spiro atoms. The van der Waals surface area contributed by atoms with Crippen molar-refractivity contribution in [2.45, 2.75) is 38.6 Å². The molecule has 1 N–H and O–H groups in total. The number of hydrogen-bond donors (Lipinski definition) is 1. The van der Waals surface area contributed by atoms with E-state index in [1.165, 1.54) is 11.1 Å². The maximum Gasteiger partial charge on any atom is 0.118 e. The quantitative estimate of drug-likeness (QED) is 0.779. The van der Waals surface area contributed by atoms with Gasteiger partial charge >= 0.3 is 0 Å². The molecule has 118 valence electrons. The lowest BCUT2D eigenvalue weighted by Crippen LogP contribution is -2.30. The van der Waals surface area contributed by atoms with Crippen molar-refractivity contribution in [1.29, 1.82) is 0 Å². The summed E-state index contributed by atoms with van der Waals surface area (Å²) in [5, 5.41) is 3.65. The molecule has 2 aromatic rings. The molecule has 0 amide bonds. The summed E-state index contributed by atoms with van der Waals surface area (Å²) in [6.07, 6.45) is 2.24. The monoisotopic (exact) mass is 297 g/mol. The molecule has 0 saturated heterocycles. The van der Waals surface area contributed by atoms with Crippen molar-refractivity contribution < 1.29 is 4.74 Å². The second kappa shape index (κ2) is 8.60. The molecule has 0 radical (unpaired) electrons. The number of aryl methyl sites for hydroxylation is 1. The van der Waals surface area contributed by atoms with Crippen LogP contribution in [-0.2, 0) is 6.42 Å². The van der Waals surface area contributed by atoms with E-state index in [9.17, 15) is 0 Å². The average Bonchev–Trinajstić information content (AvgIpc) is 2.59. The second-order valence-electron chi connectivity index (χ2n) is 6.01. The minimum Gasteiger partial charge on any atom is -0.497 e. The van der Waals surface area contributed by atoms with Crippen molar-refractivity contribution >= 4 is 0 Å². The van der Waals surface area contributed by atoms with Crippen molar-refractivity contribution in [3.05, 3.63) is 65.7 Å². The van der Waals surface area contributed by atoms with Crippen molar-refractivity contribution in [1.82, 2.24) is 5.32 Å². The highest BCUT2D eigenvalue weighted by Gasteiger charge is 2.07. The largest absolute Gasteiger partial charge is 0.497 e. The molecule has 0 saturated carbocycles. The molecular formula is C20H27NO. The van der Waals surface area contributed by atoms with Gasteiger partial charge in [-0.3, -0.25) is 0 Å². The van der Waals surface area contributed by atoms with Crippen LogP contribution in [0.25, 0.3) is 0 Å². The predicted octanol–water partition coefficient (Wildman–Crippen LogP) is 4.41. The van der Waals surface area contributed by atoms with Gasteiger partial charge < -0.3 is 10.1 Å². The van der Waals surface area contributed by atoms with Gasteiger partial charge in [-0.05, 0) is 48.9 Å². The summed E-state index contributed by atoms with van der Waals surface area (Å²) in [6, 6.07) is 19.6. The van der Waals surface area contributed by atoms with E-state index >= 15 is 0 Å². The first-order chi connectivity index (χ1) is 10.7. The average molecular weight is 297 g/mol. The second-order valence-corrected chi connectivity index (χ2v) is 6.01. The van der Waals surface area contributed by atoms with E-state index in [2.05, 4.69) is 61.6 Å². The Bertz CT molecular complexity index is 535. The third kappa shape index (κ3) is 5.19. The zero-order valence-corrected chi connectivity index (χ0v) is 13.9. The molecule has 2 atom stereocenters. The van der Waals surface area contributed by atoms with Crippen molar-refractivity contribution in [3.63, 3.8) is 0 Å². The Kier molecular flexibility index (Phi) is 6.47. The Hall–Kier alpha value is -1.80. The van der Waals surface area contributed by atoms with Gasteiger partial charge in [-0.25, -0.2) is 0 Å². The first-order valence-corrected chi connectivity index (χ1v) is 8.10. The van der Waals surface area contributed by atoms with Crippen LogP contribution in [0.4, 0.5) is 0 Å². The number of benzene rings is 2. The van der Waals surface area contributed by atoms with Crippen LogP contribution in [0.15, 0.2) is 54.6 Å². The number of hydrogen-bond acceptors (Lipinski definition) is 2. The third-order valence-corrected chi connectivity index (χ3v) is 4.17. The minimum atomic E-state index is 0.522. The zero-order valence-electron chi connectivity index (χ0n) is 13.9. The van der Waals surface area contributed by atoms with Crippen LogP contribution in [-0.4, -0.2) is 19.7 Å². The third-order valence-electron chi connectivity index (χ3n) is 4.17. The van der Waals surface area contributed by atoms with Crippen LogP contribution in [0, 0.1) is 0 Å². The van der Waals surface area contributed by atoms with E-state index in [1.807, 2.05) is 12.1 Å². The SMILES string of the molecule is COc1ccc(CC[C@H](C)NC[C@H](C)c2ccccc2)cc1. The molecule has 0 fully saturated rings. The molecular weight excluding hydrogens is 270 g/mol. The predicted molar refractivity (Wildman–Crippen MR) is 93.6 cm³/mol. The van der Waals surface area contributed by atoms with Gasteiger partial charge in [0.15, 0.2) is 0 Å². The molecule has 0 aliphatic rings. The van der Waals surface area contributed by atoms with Gasteiger partial charge in [0.25, 0.3) is 0 Å². The first-order valence-electron chi connectivity index (χ1n) is 8.10. The number of nitrogens with one attached hydrogen (secondary N) is 1. The van der Waals surface area contributed by atoms with E-state index < -0.39 is 0 Å². The van der Waals surface area contributed by atoms with Crippen LogP contribution < -0.4 is 10.1 Å². The molecule has 0 heterocycles. The fraction of sp³-hybridized carbons (Fsp3) is 0.400. The van der Waals surface area contributed by atoms with Gasteiger partial charge in [0.2, 0.25) is 0 Å². The number of rotatable bonds is 8. The van der Waals surface area contributed by atoms with Gasteiger partial charge in [0.05, 0.1) is 7.11 Å². The summed E-state index contributed by atoms with van der Waals surface area (Å²) in [7, 11) is 1.70. The highest BCUT2D eigenvalue weighted by atomic mass is 16.5. The standard InChI is InChI=1S/C20H27NO/c1-16(19-7-5-4-6-8-19)15-21-17(2)9-10-18-11-13-20(22-3)14-12-18/h4-8,11-14,16-17,21H,9-10,15H2,1-3H3/t16-,17-/m0/s1. The van der Waals surface area contributed by atoms with Gasteiger partial charge in [0.1, 0.15) is 5.75 Å². The molecule has 2 aromatic carbocycles. The molecule has 0 unspecified atom stereocenters. The van der Waals surface area contributed by atoms with Crippen molar-refractivity contribution in [3.8, 4) is 5.75 Å². The molecule has 2 rings (SSSR count). The van der Waals surface area contributed by atoms with Crippen molar-refractivity contribution in [2.24, 2.45) is 0 Å². The van der Waals surface area contributed by atoms with Crippen LogP contribution in [0.5, 0.6) is 5.75 Å². The molecule has 2 heteroatoms. The lowest BCUT2D eigenvalue weighted by Gasteiger charge is -2.18. The smallest absolute Gasteiger partial charge is 0.118 e. The van der Waals surface area contributed by atoms with E-state index in [-0.39, 0.29) is 0 Å². The van der Waals surface area contributed by atoms with E-state index in [0.29, 0.717) is 12.0 Å². The summed E-state index contributed by atoms with van der Waals surface area (Å²) < 4.78 is 5.19. The fourth-order valence-electron chi connectivity index (χ4n) is 2.55. The van der Waals surface area contributed by atoms with E-state index in [4.69, 9.17) is 4.74 Å². The maximum absolute atomic E-state index is 5.19. The first kappa shape index (κ1) is 16.6. The van der Waals surface area contributed by atoms with Crippen molar-refractivity contribution in [2.75, 3.05) is 13.7 Å². The fourth-order valence-corrected chi connectivity index (χ4v) is 2.55. The highest BCUT2D eigenvalue weighted by Crippen LogP contribution is 2.15. The zero-order chi connectivity index (χ0) is 15.8. The summed E-state index contributed by atoms with van der Waals surface area (Å²) in [5.74, 6) is 1.47. The summed E-state index contributed by atoms with van der Waals surface area (Å²) in [5.41, 5.74) is 2.77. The van der Waals surface area contributed by atoms with E-state index in [0.717, 1.165) is 25.1 Å². The molecule has 0 aromatic heterocycles. The molecule has 0 aliphatic carbocycles. The lowest BCUT2D eigenvalue weighted by atomic mass is 10.0. The van der Waals surface area contributed by atoms with Crippen LogP contribution in [0.3, 0.4) is 0 Å². The Labute approximate surface area is 134 Å². The van der Waals surface area contributed by atoms with E-state index in [1.54, 1.807) is 7.11 Å².